The molecule has 0 atom stereocenters. The van der Waals surface area contributed by atoms with E-state index in [0.29, 0.717) is 0 Å². The number of ketones is 1. The summed E-state index contributed by atoms with van der Waals surface area (Å²) in [5, 5.41) is 0. The van der Waals surface area contributed by atoms with E-state index in [0.717, 1.165) is 44.1 Å². The van der Waals surface area contributed by atoms with Crippen LogP contribution in [0, 0.1) is 12.8 Å². The molecule has 0 saturated heterocycles. The van der Waals surface area contributed by atoms with Gasteiger partial charge in [-0.15, -0.1) is 0 Å². The summed E-state index contributed by atoms with van der Waals surface area (Å²) in [7, 11) is -3.87. The number of hydrogen-bond acceptors (Lipinski definition) is 4. The van der Waals surface area contributed by atoms with Gasteiger partial charge in [-0.25, -0.2) is 0 Å². The second kappa shape index (κ2) is 9.83. The Kier molecular flexibility index (Phi) is 8.48. The fourth-order valence-electron chi connectivity index (χ4n) is 2.39. The Morgan fingerprint density at radius 2 is 1.57 bits per heavy atom. The number of aryl methyl sites for hydroxylation is 1. The predicted octanol–water partition coefficient (Wildman–Crippen LogP) is 4.27. The van der Waals surface area contributed by atoms with Crippen molar-refractivity contribution in [3.8, 4) is 0 Å². The van der Waals surface area contributed by atoms with Gasteiger partial charge in [-0.05, 0) is 31.9 Å². The van der Waals surface area contributed by atoms with Gasteiger partial charge in [0.2, 0.25) is 0 Å². The summed E-state index contributed by atoms with van der Waals surface area (Å²) >= 11 is 0. The lowest BCUT2D eigenvalue weighted by Gasteiger charge is -2.15. The van der Waals surface area contributed by atoms with E-state index in [1.54, 1.807) is 12.1 Å². The predicted molar refractivity (Wildman–Crippen MR) is 91.9 cm³/mol. The zero-order valence-corrected chi connectivity index (χ0v) is 15.2. The number of rotatable bonds is 11. The molecule has 0 aromatic heterocycles. The number of Topliss-reactive ketones (excluding diaryl/α,β-unsaturated/α-hetero) is 1. The van der Waals surface area contributed by atoms with E-state index >= 15 is 0 Å². The van der Waals surface area contributed by atoms with E-state index in [-0.39, 0.29) is 23.2 Å². The van der Waals surface area contributed by atoms with Gasteiger partial charge < -0.3 is 0 Å². The Morgan fingerprint density at radius 3 is 2.04 bits per heavy atom. The maximum absolute atomic E-state index is 12.3. The summed E-state index contributed by atoms with van der Waals surface area (Å²) < 4.78 is 29.2. The molecule has 0 N–H and O–H groups in total. The summed E-state index contributed by atoms with van der Waals surface area (Å²) in [4.78, 5) is 12.4. The molecule has 0 bridgehead atoms. The van der Waals surface area contributed by atoms with Crippen molar-refractivity contribution in [3.05, 3.63) is 29.8 Å². The highest BCUT2D eigenvalue weighted by Crippen LogP contribution is 2.19. The van der Waals surface area contributed by atoms with Gasteiger partial charge in [0.1, 0.15) is 6.61 Å². The molecule has 4 nitrogen and oxygen atoms in total. The molecular weight excluding hydrogens is 312 g/mol. The minimum Gasteiger partial charge on any atom is -0.297 e. The van der Waals surface area contributed by atoms with Crippen LogP contribution < -0.4 is 0 Å². The topological polar surface area (TPSA) is 60.4 Å². The van der Waals surface area contributed by atoms with Crippen LogP contribution in [0.25, 0.3) is 0 Å². The summed E-state index contributed by atoms with van der Waals surface area (Å²) in [5.74, 6) is -0.203. The van der Waals surface area contributed by atoms with Crippen molar-refractivity contribution in [2.45, 2.75) is 64.2 Å². The molecular formula is C18H28O4S. The first-order valence-electron chi connectivity index (χ1n) is 8.39. The summed E-state index contributed by atoms with van der Waals surface area (Å²) in [5.41, 5.74) is 0.972. The third kappa shape index (κ3) is 6.83. The zero-order chi connectivity index (χ0) is 17.3. The highest BCUT2D eigenvalue weighted by atomic mass is 32.2. The number of carbonyl (C=O) groups is 1. The van der Waals surface area contributed by atoms with Crippen LogP contribution in [0.2, 0.25) is 0 Å². The van der Waals surface area contributed by atoms with Gasteiger partial charge in [0, 0.05) is 5.92 Å². The molecule has 0 aliphatic carbocycles. The van der Waals surface area contributed by atoms with Crippen LogP contribution in [-0.2, 0) is 19.1 Å². The fraction of sp³-hybridized carbons (Fsp3) is 0.611. The van der Waals surface area contributed by atoms with E-state index in [1.807, 2.05) is 6.92 Å². The highest BCUT2D eigenvalue weighted by Gasteiger charge is 2.22. The van der Waals surface area contributed by atoms with Gasteiger partial charge in [-0.3, -0.25) is 8.98 Å². The Hall–Kier alpha value is -1.20. The molecule has 0 unspecified atom stereocenters. The largest absolute Gasteiger partial charge is 0.297 e. The summed E-state index contributed by atoms with van der Waals surface area (Å²) in [6, 6.07) is 6.42. The standard InChI is InChI=1S/C18H28O4S/c1-4-6-8-16(9-7-5-2)18(19)14-22-23(20,21)17-12-10-15(3)11-13-17/h10-13,16H,4-9,14H2,1-3H3. The van der Waals surface area contributed by atoms with Crippen LogP contribution in [0.4, 0.5) is 0 Å². The second-order valence-corrected chi connectivity index (χ2v) is 7.59. The third-order valence-electron chi connectivity index (χ3n) is 3.93. The average Bonchev–Trinajstić information content (AvgIpc) is 2.53. The molecule has 0 radical (unpaired) electrons. The summed E-state index contributed by atoms with van der Waals surface area (Å²) in [6.45, 7) is 5.68. The fourth-order valence-corrected chi connectivity index (χ4v) is 3.27. The van der Waals surface area contributed by atoms with Crippen LogP contribution in [-0.4, -0.2) is 20.8 Å². The molecule has 0 fully saturated rings. The van der Waals surface area contributed by atoms with Crippen LogP contribution in [0.3, 0.4) is 0 Å². The molecule has 0 heterocycles. The van der Waals surface area contributed by atoms with Gasteiger partial charge in [0.25, 0.3) is 10.1 Å². The molecule has 5 heteroatoms. The first kappa shape index (κ1) is 19.8. The van der Waals surface area contributed by atoms with Crippen LogP contribution in [0.5, 0.6) is 0 Å². The van der Waals surface area contributed by atoms with Crippen molar-refractivity contribution >= 4 is 15.9 Å². The maximum Gasteiger partial charge on any atom is 0.297 e. The lowest BCUT2D eigenvalue weighted by Crippen LogP contribution is -2.22. The van der Waals surface area contributed by atoms with Gasteiger partial charge in [-0.1, -0.05) is 57.2 Å². The van der Waals surface area contributed by atoms with Crippen molar-refractivity contribution in [1.82, 2.24) is 0 Å². The smallest absolute Gasteiger partial charge is 0.297 e. The van der Waals surface area contributed by atoms with Crippen molar-refractivity contribution < 1.29 is 17.4 Å². The van der Waals surface area contributed by atoms with Gasteiger partial charge in [0.15, 0.2) is 5.78 Å². The van der Waals surface area contributed by atoms with E-state index < -0.39 is 10.1 Å². The molecule has 0 spiro atoms. The van der Waals surface area contributed by atoms with E-state index in [4.69, 9.17) is 4.18 Å². The number of hydrogen-bond donors (Lipinski definition) is 0. The molecule has 130 valence electrons. The lowest BCUT2D eigenvalue weighted by atomic mass is 9.92. The van der Waals surface area contributed by atoms with Crippen molar-refractivity contribution in [2.24, 2.45) is 5.92 Å². The molecule has 1 rings (SSSR count). The SMILES string of the molecule is CCCCC(CCCC)C(=O)COS(=O)(=O)c1ccc(C)cc1. The van der Waals surface area contributed by atoms with Gasteiger partial charge in [0.05, 0.1) is 4.90 Å². The lowest BCUT2D eigenvalue weighted by molar-refractivity contribution is -0.125. The quantitative estimate of drug-likeness (QED) is 0.565. The van der Waals surface area contributed by atoms with Crippen LogP contribution >= 0.6 is 0 Å². The van der Waals surface area contributed by atoms with Crippen molar-refractivity contribution in [2.75, 3.05) is 6.61 Å². The Labute approximate surface area is 140 Å². The highest BCUT2D eigenvalue weighted by molar-refractivity contribution is 7.86. The molecule has 0 amide bonds. The molecule has 0 aliphatic heterocycles. The number of carbonyl (C=O) groups excluding carboxylic acids is 1. The van der Waals surface area contributed by atoms with Gasteiger partial charge >= 0.3 is 0 Å². The van der Waals surface area contributed by atoms with E-state index in [9.17, 15) is 13.2 Å². The molecule has 1 aromatic rings. The second-order valence-electron chi connectivity index (χ2n) is 5.98. The molecule has 1 aromatic carbocycles. The Morgan fingerprint density at radius 1 is 1.04 bits per heavy atom. The van der Waals surface area contributed by atoms with E-state index in [2.05, 4.69) is 13.8 Å². The summed E-state index contributed by atoms with van der Waals surface area (Å²) in [6.07, 6.45) is 5.62. The molecule has 0 aliphatic rings. The zero-order valence-electron chi connectivity index (χ0n) is 14.4. The van der Waals surface area contributed by atoms with Crippen LogP contribution in [0.1, 0.15) is 57.9 Å². The monoisotopic (exact) mass is 340 g/mol. The maximum atomic E-state index is 12.3. The molecule has 23 heavy (non-hydrogen) atoms. The normalized spacial score (nSPS) is 11.8. The number of benzene rings is 1. The number of unbranched alkanes of at least 4 members (excludes halogenated alkanes) is 2. The third-order valence-corrected chi connectivity index (χ3v) is 5.21. The van der Waals surface area contributed by atoms with Crippen LogP contribution in [0.15, 0.2) is 29.2 Å². The minimum atomic E-state index is -3.87. The van der Waals surface area contributed by atoms with Crippen molar-refractivity contribution in [1.29, 1.82) is 0 Å². The average molecular weight is 340 g/mol. The Bertz CT molecular complexity index is 568. The first-order valence-corrected chi connectivity index (χ1v) is 9.80. The minimum absolute atomic E-state index is 0.0922. The van der Waals surface area contributed by atoms with E-state index in [1.165, 1.54) is 12.1 Å². The first-order chi connectivity index (χ1) is 10.9. The van der Waals surface area contributed by atoms with Crippen molar-refractivity contribution in [3.63, 3.8) is 0 Å². The molecule has 0 saturated carbocycles. The van der Waals surface area contributed by atoms with Gasteiger partial charge in [-0.2, -0.15) is 8.42 Å². The Balaban J connectivity index is 2.65.